The fourth-order valence-electron chi connectivity index (χ4n) is 2.18. The van der Waals surface area contributed by atoms with E-state index in [2.05, 4.69) is 10.6 Å². The molecule has 0 spiro atoms. The second-order valence-corrected chi connectivity index (χ2v) is 5.01. The molecule has 3 rings (SSSR count). The number of para-hydroxylation sites is 1. The fraction of sp³-hybridized carbons (Fsp3) is 0.125. The normalized spacial score (nSPS) is 16.1. The summed E-state index contributed by atoms with van der Waals surface area (Å²) in [5.74, 6) is -2.69. The van der Waals surface area contributed by atoms with Crippen LogP contribution in [0.15, 0.2) is 36.4 Å². The molecular formula is C16H12F2N2O3. The summed E-state index contributed by atoms with van der Waals surface area (Å²) in [7, 11) is 0. The summed E-state index contributed by atoms with van der Waals surface area (Å²) in [4.78, 5) is 23.9. The monoisotopic (exact) mass is 318 g/mol. The molecule has 0 bridgehead atoms. The highest BCUT2D eigenvalue weighted by atomic mass is 19.2. The zero-order valence-corrected chi connectivity index (χ0v) is 12.0. The van der Waals surface area contributed by atoms with Crippen molar-refractivity contribution in [3.63, 3.8) is 0 Å². The van der Waals surface area contributed by atoms with E-state index < -0.39 is 23.6 Å². The van der Waals surface area contributed by atoms with E-state index in [0.717, 1.165) is 12.1 Å². The number of ether oxygens (including phenoxy) is 1. The second kappa shape index (κ2) is 5.68. The van der Waals surface area contributed by atoms with Crippen molar-refractivity contribution in [3.8, 4) is 5.75 Å². The molecule has 1 atom stereocenters. The minimum Gasteiger partial charge on any atom is -0.478 e. The van der Waals surface area contributed by atoms with E-state index in [0.29, 0.717) is 5.69 Å². The van der Waals surface area contributed by atoms with E-state index in [1.165, 1.54) is 12.1 Å². The highest BCUT2D eigenvalue weighted by molar-refractivity contribution is 6.09. The summed E-state index contributed by atoms with van der Waals surface area (Å²) in [5.41, 5.74) is 0.671. The van der Waals surface area contributed by atoms with Gasteiger partial charge in [-0.2, -0.15) is 0 Å². The molecule has 23 heavy (non-hydrogen) atoms. The summed E-state index contributed by atoms with van der Waals surface area (Å²) in [6.45, 7) is 1.56. The van der Waals surface area contributed by atoms with E-state index in [9.17, 15) is 18.4 Å². The van der Waals surface area contributed by atoms with Crippen molar-refractivity contribution in [2.24, 2.45) is 0 Å². The van der Waals surface area contributed by atoms with Gasteiger partial charge in [0.15, 0.2) is 23.5 Å². The Morgan fingerprint density at radius 2 is 2.00 bits per heavy atom. The van der Waals surface area contributed by atoms with Gasteiger partial charge in [-0.15, -0.1) is 0 Å². The van der Waals surface area contributed by atoms with Gasteiger partial charge < -0.3 is 15.4 Å². The third-order valence-electron chi connectivity index (χ3n) is 3.36. The van der Waals surface area contributed by atoms with Crippen LogP contribution in [-0.2, 0) is 4.79 Å². The summed E-state index contributed by atoms with van der Waals surface area (Å²) in [6.07, 6.45) is -0.736. The quantitative estimate of drug-likeness (QED) is 0.894. The van der Waals surface area contributed by atoms with Crippen LogP contribution in [0.1, 0.15) is 17.3 Å². The molecule has 1 aliphatic heterocycles. The van der Waals surface area contributed by atoms with Crippen LogP contribution in [-0.4, -0.2) is 17.9 Å². The Kier molecular flexibility index (Phi) is 3.69. The number of amides is 2. The Morgan fingerprint density at radius 3 is 2.74 bits per heavy atom. The van der Waals surface area contributed by atoms with Crippen LogP contribution in [0.3, 0.4) is 0 Å². The summed E-state index contributed by atoms with van der Waals surface area (Å²) in [6, 6.07) is 7.75. The number of carbonyl (C=O) groups excluding carboxylic acids is 2. The number of halogens is 2. The summed E-state index contributed by atoms with van der Waals surface area (Å²) < 4.78 is 31.6. The molecule has 5 nitrogen and oxygen atoms in total. The number of hydrogen-bond donors (Lipinski definition) is 2. The van der Waals surface area contributed by atoms with Crippen LogP contribution in [0.4, 0.5) is 20.2 Å². The summed E-state index contributed by atoms with van der Waals surface area (Å²) >= 11 is 0. The van der Waals surface area contributed by atoms with Crippen molar-refractivity contribution in [1.82, 2.24) is 0 Å². The lowest BCUT2D eigenvalue weighted by atomic mass is 10.1. The predicted molar refractivity (Wildman–Crippen MR) is 79.5 cm³/mol. The van der Waals surface area contributed by atoms with Crippen molar-refractivity contribution in [1.29, 1.82) is 0 Å². The maximum absolute atomic E-state index is 13.2. The first-order valence-corrected chi connectivity index (χ1v) is 6.82. The topological polar surface area (TPSA) is 67.4 Å². The van der Waals surface area contributed by atoms with Crippen LogP contribution in [0.5, 0.6) is 5.75 Å². The molecule has 1 aliphatic rings. The number of benzene rings is 2. The molecule has 0 saturated heterocycles. The smallest absolute Gasteiger partial charge is 0.265 e. The molecule has 2 N–H and O–H groups in total. The number of nitrogens with one attached hydrogen (secondary N) is 2. The van der Waals surface area contributed by atoms with Crippen molar-refractivity contribution >= 4 is 23.2 Å². The number of carbonyl (C=O) groups is 2. The fourth-order valence-corrected chi connectivity index (χ4v) is 2.18. The Bertz CT molecular complexity index is 808. The second-order valence-electron chi connectivity index (χ2n) is 5.01. The molecule has 1 unspecified atom stereocenters. The first-order chi connectivity index (χ1) is 11.0. The van der Waals surface area contributed by atoms with Crippen LogP contribution in [0, 0.1) is 11.6 Å². The van der Waals surface area contributed by atoms with Gasteiger partial charge in [0.05, 0.1) is 11.3 Å². The Hall–Kier alpha value is -2.96. The van der Waals surface area contributed by atoms with Gasteiger partial charge in [0.1, 0.15) is 0 Å². The average molecular weight is 318 g/mol. The zero-order chi connectivity index (χ0) is 16.6. The Labute approximate surface area is 130 Å². The molecule has 0 aliphatic carbocycles. The lowest BCUT2D eigenvalue weighted by Crippen LogP contribution is -2.35. The molecule has 118 valence electrons. The minimum atomic E-state index is -1.06. The van der Waals surface area contributed by atoms with Crippen LogP contribution in [0.25, 0.3) is 0 Å². The van der Waals surface area contributed by atoms with Gasteiger partial charge in [-0.3, -0.25) is 9.59 Å². The van der Waals surface area contributed by atoms with Gasteiger partial charge >= 0.3 is 0 Å². The molecule has 0 saturated carbocycles. The molecule has 2 aromatic rings. The molecule has 7 heteroatoms. The Balaban J connectivity index is 1.90. The number of hydrogen-bond acceptors (Lipinski definition) is 3. The molecule has 0 fully saturated rings. The van der Waals surface area contributed by atoms with Gasteiger partial charge in [0.2, 0.25) is 0 Å². The molecule has 2 aromatic carbocycles. The lowest BCUT2D eigenvalue weighted by molar-refractivity contribution is -0.122. The van der Waals surface area contributed by atoms with Crippen molar-refractivity contribution < 1.29 is 23.1 Å². The van der Waals surface area contributed by atoms with Gasteiger partial charge in [0, 0.05) is 11.8 Å². The van der Waals surface area contributed by atoms with Gasteiger partial charge in [-0.05, 0) is 31.2 Å². The number of fused-ring (bicyclic) bond motifs is 1. The standard InChI is InChI=1S/C16H12F2N2O3/c1-8-15(21)20-13-4-2-3-10(14(13)23-8)16(22)19-9-5-6-11(17)12(18)7-9/h2-8H,1H3,(H,19,22)(H,20,21). The van der Waals surface area contributed by atoms with E-state index in [1.54, 1.807) is 19.1 Å². The highest BCUT2D eigenvalue weighted by Gasteiger charge is 2.27. The third kappa shape index (κ3) is 2.85. The van der Waals surface area contributed by atoms with Crippen molar-refractivity contribution in [3.05, 3.63) is 53.6 Å². The average Bonchev–Trinajstić information content (AvgIpc) is 2.51. The van der Waals surface area contributed by atoms with E-state index in [-0.39, 0.29) is 22.9 Å². The third-order valence-corrected chi connectivity index (χ3v) is 3.36. The Morgan fingerprint density at radius 1 is 1.22 bits per heavy atom. The maximum atomic E-state index is 13.2. The predicted octanol–water partition coefficient (Wildman–Crippen LogP) is 2.94. The molecule has 0 radical (unpaired) electrons. The van der Waals surface area contributed by atoms with Gasteiger partial charge in [0.25, 0.3) is 11.8 Å². The lowest BCUT2D eigenvalue weighted by Gasteiger charge is -2.25. The van der Waals surface area contributed by atoms with Gasteiger partial charge in [-0.25, -0.2) is 8.78 Å². The number of anilines is 2. The SMILES string of the molecule is CC1Oc2c(cccc2C(=O)Nc2ccc(F)c(F)c2)NC1=O. The largest absolute Gasteiger partial charge is 0.478 e. The molecule has 2 amide bonds. The van der Waals surface area contributed by atoms with E-state index in [1.807, 2.05) is 0 Å². The molecule has 1 heterocycles. The first-order valence-electron chi connectivity index (χ1n) is 6.82. The van der Waals surface area contributed by atoms with Crippen LogP contribution in [0.2, 0.25) is 0 Å². The van der Waals surface area contributed by atoms with Crippen LogP contribution >= 0.6 is 0 Å². The first kappa shape index (κ1) is 15.0. The maximum Gasteiger partial charge on any atom is 0.265 e. The van der Waals surface area contributed by atoms with Crippen molar-refractivity contribution in [2.45, 2.75) is 13.0 Å². The minimum absolute atomic E-state index is 0.111. The van der Waals surface area contributed by atoms with E-state index >= 15 is 0 Å². The van der Waals surface area contributed by atoms with Gasteiger partial charge in [-0.1, -0.05) is 6.07 Å². The summed E-state index contributed by atoms with van der Waals surface area (Å²) in [5, 5.41) is 5.10. The van der Waals surface area contributed by atoms with E-state index in [4.69, 9.17) is 4.74 Å². The number of rotatable bonds is 2. The highest BCUT2D eigenvalue weighted by Crippen LogP contribution is 2.33. The van der Waals surface area contributed by atoms with Crippen LogP contribution < -0.4 is 15.4 Å². The molecule has 0 aromatic heterocycles. The zero-order valence-electron chi connectivity index (χ0n) is 12.0. The molecular weight excluding hydrogens is 306 g/mol. The van der Waals surface area contributed by atoms with Crippen molar-refractivity contribution in [2.75, 3.05) is 10.6 Å².